The zero-order valence-corrected chi connectivity index (χ0v) is 14.9. The van der Waals surface area contributed by atoms with Crippen molar-refractivity contribution in [1.82, 2.24) is 0 Å². The van der Waals surface area contributed by atoms with Crippen molar-refractivity contribution in [2.45, 2.75) is 32.4 Å². The van der Waals surface area contributed by atoms with Gasteiger partial charge in [-0.15, -0.1) is 0 Å². The molecular formula is C19H20ClN3O2. The first-order valence-electron chi connectivity index (χ1n) is 8.12. The Hall–Kier alpha value is -2.53. The molecule has 0 bridgehead atoms. The van der Waals surface area contributed by atoms with Crippen LogP contribution in [0.1, 0.15) is 42.2 Å². The number of nitrogens with one attached hydrogen (secondary N) is 1. The predicted octanol–water partition coefficient (Wildman–Crippen LogP) is 3.74. The monoisotopic (exact) mass is 357 g/mol. The summed E-state index contributed by atoms with van der Waals surface area (Å²) in [6, 6.07) is 12.7. The van der Waals surface area contributed by atoms with Gasteiger partial charge in [0.2, 0.25) is 11.8 Å². The van der Waals surface area contributed by atoms with Gasteiger partial charge in [0.25, 0.3) is 0 Å². The summed E-state index contributed by atoms with van der Waals surface area (Å²) in [5.41, 5.74) is 8.42. The third-order valence-corrected chi connectivity index (χ3v) is 4.70. The van der Waals surface area contributed by atoms with Crippen LogP contribution in [0.3, 0.4) is 0 Å². The summed E-state index contributed by atoms with van der Waals surface area (Å²) in [6.45, 7) is 3.56. The molecule has 0 saturated carbocycles. The lowest BCUT2D eigenvalue weighted by Gasteiger charge is -2.39. The van der Waals surface area contributed by atoms with E-state index in [9.17, 15) is 9.59 Å². The van der Waals surface area contributed by atoms with E-state index in [1.165, 1.54) is 0 Å². The van der Waals surface area contributed by atoms with Gasteiger partial charge in [-0.05, 0) is 55.3 Å². The fourth-order valence-corrected chi connectivity index (χ4v) is 3.60. The Balaban J connectivity index is 2.05. The number of fused-ring (bicyclic) bond motifs is 1. The lowest BCUT2D eigenvalue weighted by atomic mass is 9.90. The highest BCUT2D eigenvalue weighted by Gasteiger charge is 2.32. The zero-order valence-electron chi connectivity index (χ0n) is 14.1. The number of rotatable bonds is 3. The molecule has 1 heterocycles. The Labute approximate surface area is 151 Å². The number of halogens is 1. The van der Waals surface area contributed by atoms with Gasteiger partial charge in [0.05, 0.1) is 6.04 Å². The summed E-state index contributed by atoms with van der Waals surface area (Å²) in [7, 11) is 0. The molecule has 0 saturated heterocycles. The largest absolute Gasteiger partial charge is 0.378 e. The van der Waals surface area contributed by atoms with Crippen molar-refractivity contribution >= 4 is 34.8 Å². The number of nitrogens with two attached hydrogens (primary N) is 1. The molecular weight excluding hydrogens is 338 g/mol. The number of primary amides is 1. The van der Waals surface area contributed by atoms with Crippen LogP contribution < -0.4 is 16.0 Å². The quantitative estimate of drug-likeness (QED) is 0.878. The van der Waals surface area contributed by atoms with Crippen LogP contribution in [0.4, 0.5) is 11.4 Å². The first kappa shape index (κ1) is 17.3. The third-order valence-electron chi connectivity index (χ3n) is 4.47. The Bertz CT molecular complexity index is 837. The first-order valence-corrected chi connectivity index (χ1v) is 8.50. The molecule has 0 spiro atoms. The summed E-state index contributed by atoms with van der Waals surface area (Å²) in [5, 5.41) is 4.10. The molecule has 25 heavy (non-hydrogen) atoms. The van der Waals surface area contributed by atoms with E-state index in [1.54, 1.807) is 30.0 Å². The second kappa shape index (κ2) is 6.76. The molecule has 2 aromatic rings. The van der Waals surface area contributed by atoms with Gasteiger partial charge in [0, 0.05) is 34.9 Å². The number of benzene rings is 2. The Kier molecular flexibility index (Phi) is 4.68. The molecule has 130 valence electrons. The summed E-state index contributed by atoms with van der Waals surface area (Å²) in [4.78, 5) is 25.4. The fraction of sp³-hybridized carbons (Fsp3) is 0.263. The molecule has 2 aromatic carbocycles. The van der Waals surface area contributed by atoms with Gasteiger partial charge >= 0.3 is 0 Å². The molecule has 6 heteroatoms. The lowest BCUT2D eigenvalue weighted by molar-refractivity contribution is -0.117. The maximum Gasteiger partial charge on any atom is 0.248 e. The predicted molar refractivity (Wildman–Crippen MR) is 100 cm³/mol. The number of anilines is 2. The molecule has 3 rings (SSSR count). The minimum atomic E-state index is -0.489. The minimum absolute atomic E-state index is 0.0261. The van der Waals surface area contributed by atoms with Crippen LogP contribution in [-0.2, 0) is 4.79 Å². The van der Waals surface area contributed by atoms with E-state index in [2.05, 4.69) is 5.32 Å². The van der Waals surface area contributed by atoms with Crippen molar-refractivity contribution in [2.24, 2.45) is 5.73 Å². The first-order chi connectivity index (χ1) is 11.9. The van der Waals surface area contributed by atoms with Crippen molar-refractivity contribution < 1.29 is 9.59 Å². The highest BCUT2D eigenvalue weighted by atomic mass is 35.5. The van der Waals surface area contributed by atoms with Crippen LogP contribution in [0.2, 0.25) is 5.02 Å². The van der Waals surface area contributed by atoms with Gasteiger partial charge in [-0.25, -0.2) is 0 Å². The Morgan fingerprint density at radius 2 is 2.00 bits per heavy atom. The van der Waals surface area contributed by atoms with Crippen LogP contribution in [-0.4, -0.2) is 17.9 Å². The summed E-state index contributed by atoms with van der Waals surface area (Å²) in [6.07, 6.45) is 0.710. The minimum Gasteiger partial charge on any atom is -0.378 e. The number of carbonyl (C=O) groups excluding carboxylic acids is 2. The average Bonchev–Trinajstić information content (AvgIpc) is 2.54. The topological polar surface area (TPSA) is 75.4 Å². The van der Waals surface area contributed by atoms with Gasteiger partial charge < -0.3 is 16.0 Å². The van der Waals surface area contributed by atoms with Gasteiger partial charge in [-0.2, -0.15) is 0 Å². The normalized spacial score (nSPS) is 19.2. The molecule has 0 fully saturated rings. The van der Waals surface area contributed by atoms with E-state index in [0.717, 1.165) is 16.9 Å². The number of nitrogens with zero attached hydrogens (tertiary/aromatic N) is 1. The number of hydrogen-bond donors (Lipinski definition) is 2. The van der Waals surface area contributed by atoms with Gasteiger partial charge in [0.15, 0.2) is 0 Å². The summed E-state index contributed by atoms with van der Waals surface area (Å²) < 4.78 is 0. The maximum absolute atomic E-state index is 12.1. The van der Waals surface area contributed by atoms with Gasteiger partial charge in [0.1, 0.15) is 0 Å². The van der Waals surface area contributed by atoms with E-state index in [1.807, 2.05) is 31.2 Å². The maximum atomic E-state index is 12.1. The molecule has 5 nitrogen and oxygen atoms in total. The molecule has 0 aromatic heterocycles. The highest BCUT2D eigenvalue weighted by Crippen LogP contribution is 2.39. The van der Waals surface area contributed by atoms with E-state index in [0.29, 0.717) is 17.0 Å². The fourth-order valence-electron chi connectivity index (χ4n) is 3.41. The van der Waals surface area contributed by atoms with E-state index < -0.39 is 5.91 Å². The van der Waals surface area contributed by atoms with Crippen LogP contribution >= 0.6 is 11.6 Å². The van der Waals surface area contributed by atoms with Crippen molar-refractivity contribution in [3.63, 3.8) is 0 Å². The number of amides is 2. The number of carbonyl (C=O) groups is 2. The Morgan fingerprint density at radius 1 is 1.24 bits per heavy atom. The van der Waals surface area contributed by atoms with Crippen LogP contribution in [0.5, 0.6) is 0 Å². The molecule has 2 atom stereocenters. The molecule has 2 amide bonds. The third kappa shape index (κ3) is 3.46. The van der Waals surface area contributed by atoms with Crippen molar-refractivity contribution in [3.05, 3.63) is 58.6 Å². The average molecular weight is 358 g/mol. The molecule has 0 unspecified atom stereocenters. The van der Waals surface area contributed by atoms with Gasteiger partial charge in [-0.3, -0.25) is 9.59 Å². The smallest absolute Gasteiger partial charge is 0.248 e. The SMILES string of the molecule is CC(=O)N1c2ccc(C(N)=O)cc2[C@H](Nc2cccc(Cl)c2)C[C@@H]1C. The Morgan fingerprint density at radius 3 is 2.64 bits per heavy atom. The van der Waals surface area contributed by atoms with E-state index in [-0.39, 0.29) is 18.0 Å². The lowest BCUT2D eigenvalue weighted by Crippen LogP contribution is -2.43. The molecule has 1 aliphatic rings. The second-order valence-corrected chi connectivity index (χ2v) is 6.76. The second-order valence-electron chi connectivity index (χ2n) is 6.32. The van der Waals surface area contributed by atoms with E-state index in [4.69, 9.17) is 17.3 Å². The zero-order chi connectivity index (χ0) is 18.1. The van der Waals surface area contributed by atoms with Crippen molar-refractivity contribution in [1.29, 1.82) is 0 Å². The molecule has 1 aliphatic heterocycles. The van der Waals surface area contributed by atoms with Gasteiger partial charge in [-0.1, -0.05) is 17.7 Å². The highest BCUT2D eigenvalue weighted by molar-refractivity contribution is 6.30. The van der Waals surface area contributed by atoms with Crippen molar-refractivity contribution in [3.8, 4) is 0 Å². The molecule has 3 N–H and O–H groups in total. The standard InChI is InChI=1S/C19H20ClN3O2/c1-11-8-17(22-15-5-3-4-14(20)10-15)16-9-13(19(21)25)6-7-18(16)23(11)12(2)24/h3-7,9-11,17,22H,8H2,1-2H3,(H2,21,25)/t11-,17+/m0/s1. The molecule has 0 aliphatic carbocycles. The van der Waals surface area contributed by atoms with Crippen LogP contribution in [0.25, 0.3) is 0 Å². The molecule has 0 radical (unpaired) electrons. The van der Waals surface area contributed by atoms with Crippen molar-refractivity contribution in [2.75, 3.05) is 10.2 Å². The van der Waals surface area contributed by atoms with E-state index >= 15 is 0 Å². The summed E-state index contributed by atoms with van der Waals surface area (Å²) >= 11 is 6.07. The number of hydrogen-bond acceptors (Lipinski definition) is 3. The summed E-state index contributed by atoms with van der Waals surface area (Å²) in [5.74, 6) is -0.515. The van der Waals surface area contributed by atoms with Crippen LogP contribution in [0, 0.1) is 0 Å². The van der Waals surface area contributed by atoms with Crippen LogP contribution in [0.15, 0.2) is 42.5 Å².